The average Bonchev–Trinajstić information content (AvgIpc) is 2.43. The molecule has 23 heavy (non-hydrogen) atoms. The van der Waals surface area contributed by atoms with Crippen molar-refractivity contribution in [1.29, 1.82) is 5.41 Å². The number of nitrogens with zero attached hydrogens (tertiary/aromatic N) is 2. The Labute approximate surface area is 152 Å². The van der Waals surface area contributed by atoms with E-state index in [0.717, 1.165) is 22.1 Å². The molecular weight excluding hydrogens is 357 g/mol. The molecule has 0 heterocycles. The maximum absolute atomic E-state index is 7.44. The van der Waals surface area contributed by atoms with Crippen LogP contribution < -0.4 is 11.5 Å². The Kier molecular flexibility index (Phi) is 10.6. The van der Waals surface area contributed by atoms with E-state index < -0.39 is 0 Å². The first-order valence-electron chi connectivity index (χ1n) is 6.89. The zero-order chi connectivity index (χ0) is 16.5. The van der Waals surface area contributed by atoms with Gasteiger partial charge in [0.05, 0.1) is 0 Å². The van der Waals surface area contributed by atoms with Gasteiger partial charge in [-0.3, -0.25) is 10.3 Å². The minimum absolute atomic E-state index is 0. The van der Waals surface area contributed by atoms with E-state index in [9.17, 15) is 0 Å². The summed E-state index contributed by atoms with van der Waals surface area (Å²) in [5, 5.41) is 12.0. The first-order valence-corrected chi connectivity index (χ1v) is 8.25. The topological polar surface area (TPSA) is 101 Å². The summed E-state index contributed by atoms with van der Waals surface area (Å²) in [6, 6.07) is 7.65. The fourth-order valence-electron chi connectivity index (χ4n) is 1.67. The quantitative estimate of drug-likeness (QED) is 0.222. The van der Waals surface area contributed by atoms with Crippen molar-refractivity contribution in [1.82, 2.24) is 4.90 Å². The predicted octanol–water partition coefficient (Wildman–Crippen LogP) is 3.09. The maximum atomic E-state index is 7.44. The molecule has 0 amide bonds. The zero-order valence-corrected chi connectivity index (χ0v) is 15.5. The lowest BCUT2D eigenvalue weighted by atomic mass is 10.3. The third kappa shape index (κ3) is 8.20. The monoisotopic (exact) mass is 379 g/mol. The van der Waals surface area contributed by atoms with Gasteiger partial charge in [-0.15, -0.1) is 24.2 Å². The lowest BCUT2D eigenvalue weighted by Gasteiger charge is -2.24. The number of hydrogen-bond donors (Lipinski definition) is 3. The van der Waals surface area contributed by atoms with E-state index in [4.69, 9.17) is 33.3 Å². The Morgan fingerprint density at radius 1 is 1.35 bits per heavy atom. The van der Waals surface area contributed by atoms with E-state index in [1.54, 1.807) is 11.8 Å². The number of thioether (sulfide) groups is 1. The Bertz CT molecular complexity index is 510. The van der Waals surface area contributed by atoms with Crippen molar-refractivity contribution in [2.24, 2.45) is 16.6 Å². The van der Waals surface area contributed by atoms with Gasteiger partial charge in [0.25, 0.3) is 0 Å². The molecular formula is C14H23Cl2N5OS. The number of rotatable bonds is 7. The van der Waals surface area contributed by atoms with Gasteiger partial charge in [0.2, 0.25) is 5.96 Å². The van der Waals surface area contributed by atoms with Crippen molar-refractivity contribution in [2.45, 2.75) is 31.2 Å². The van der Waals surface area contributed by atoms with Gasteiger partial charge in [-0.25, -0.2) is 0 Å². The second-order valence-electron chi connectivity index (χ2n) is 4.79. The van der Waals surface area contributed by atoms with Crippen LogP contribution in [0.25, 0.3) is 0 Å². The van der Waals surface area contributed by atoms with Gasteiger partial charge >= 0.3 is 0 Å². The predicted molar refractivity (Wildman–Crippen MR) is 101 cm³/mol. The van der Waals surface area contributed by atoms with Gasteiger partial charge < -0.3 is 16.3 Å². The molecule has 0 saturated heterocycles. The van der Waals surface area contributed by atoms with Gasteiger partial charge in [-0.2, -0.15) is 0 Å². The van der Waals surface area contributed by atoms with E-state index in [0.29, 0.717) is 6.61 Å². The third-order valence-corrected chi connectivity index (χ3v) is 3.99. The molecule has 0 unspecified atom stereocenters. The van der Waals surface area contributed by atoms with Crippen LogP contribution in [0.4, 0.5) is 0 Å². The van der Waals surface area contributed by atoms with E-state index in [-0.39, 0.29) is 30.4 Å². The molecule has 0 atom stereocenters. The molecule has 1 aromatic rings. The molecule has 0 radical (unpaired) electrons. The molecule has 0 aromatic heterocycles. The molecule has 0 bridgehead atoms. The molecule has 6 nitrogen and oxygen atoms in total. The normalized spacial score (nSPS) is 11.0. The summed E-state index contributed by atoms with van der Waals surface area (Å²) < 4.78 is 0. The number of halogens is 2. The zero-order valence-electron chi connectivity index (χ0n) is 13.2. The first-order chi connectivity index (χ1) is 10.4. The molecule has 0 saturated carbocycles. The highest BCUT2D eigenvalue weighted by Crippen LogP contribution is 2.20. The average molecular weight is 380 g/mol. The summed E-state index contributed by atoms with van der Waals surface area (Å²) >= 11 is 7.55. The fourth-order valence-corrected chi connectivity index (χ4v) is 2.62. The number of nitrogens with two attached hydrogens (primary N) is 2. The SMILES string of the molecule is CC(C)N(C(=N)N)C(N)=NOCCCSc1ccc(Cl)cc1.Cl. The summed E-state index contributed by atoms with van der Waals surface area (Å²) in [4.78, 5) is 7.72. The van der Waals surface area contributed by atoms with Gasteiger partial charge in [0.15, 0.2) is 5.96 Å². The van der Waals surface area contributed by atoms with Gasteiger partial charge in [-0.05, 0) is 49.7 Å². The molecule has 9 heteroatoms. The van der Waals surface area contributed by atoms with Crippen LogP contribution in [0.3, 0.4) is 0 Å². The molecule has 1 aromatic carbocycles. The molecule has 5 N–H and O–H groups in total. The lowest BCUT2D eigenvalue weighted by Crippen LogP contribution is -2.49. The van der Waals surface area contributed by atoms with Crippen molar-refractivity contribution in [2.75, 3.05) is 12.4 Å². The summed E-state index contributed by atoms with van der Waals surface area (Å²) in [7, 11) is 0. The second kappa shape index (κ2) is 11.3. The van der Waals surface area contributed by atoms with Crippen LogP contribution in [-0.2, 0) is 4.84 Å². The third-order valence-electron chi connectivity index (χ3n) is 2.64. The highest BCUT2D eigenvalue weighted by Gasteiger charge is 2.15. The van der Waals surface area contributed by atoms with Crippen molar-refractivity contribution in [3.8, 4) is 0 Å². The molecule has 0 aliphatic heterocycles. The number of oxime groups is 1. The largest absolute Gasteiger partial charge is 0.393 e. The molecule has 0 fully saturated rings. The molecule has 130 valence electrons. The Morgan fingerprint density at radius 3 is 2.48 bits per heavy atom. The highest BCUT2D eigenvalue weighted by molar-refractivity contribution is 7.99. The van der Waals surface area contributed by atoms with Gasteiger partial charge in [-0.1, -0.05) is 11.6 Å². The van der Waals surface area contributed by atoms with E-state index in [2.05, 4.69) is 5.16 Å². The van der Waals surface area contributed by atoms with Crippen LogP contribution >= 0.6 is 35.8 Å². The van der Waals surface area contributed by atoms with Crippen molar-refractivity contribution < 1.29 is 4.84 Å². The smallest absolute Gasteiger partial charge is 0.240 e. The van der Waals surface area contributed by atoms with Crippen molar-refractivity contribution in [3.63, 3.8) is 0 Å². The van der Waals surface area contributed by atoms with Crippen molar-refractivity contribution >= 4 is 47.7 Å². The van der Waals surface area contributed by atoms with Crippen molar-refractivity contribution in [3.05, 3.63) is 29.3 Å². The van der Waals surface area contributed by atoms with Gasteiger partial charge in [0.1, 0.15) is 6.61 Å². The highest BCUT2D eigenvalue weighted by atomic mass is 35.5. The number of hydrogen-bond acceptors (Lipinski definition) is 4. The Morgan fingerprint density at radius 2 is 1.96 bits per heavy atom. The Hall–Kier alpha value is -1.31. The lowest BCUT2D eigenvalue weighted by molar-refractivity contribution is 0.141. The summed E-state index contributed by atoms with van der Waals surface area (Å²) in [6.45, 7) is 4.18. The van der Waals surface area contributed by atoms with Crippen LogP contribution in [0.15, 0.2) is 34.3 Å². The Balaban J connectivity index is 0.00000484. The maximum Gasteiger partial charge on any atom is 0.240 e. The molecule has 0 aliphatic carbocycles. The minimum atomic E-state index is -0.154. The van der Waals surface area contributed by atoms with Crippen LogP contribution in [0, 0.1) is 5.41 Å². The van der Waals surface area contributed by atoms with E-state index in [1.165, 1.54) is 4.90 Å². The summed E-state index contributed by atoms with van der Waals surface area (Å²) in [5.41, 5.74) is 11.2. The minimum Gasteiger partial charge on any atom is -0.393 e. The number of benzene rings is 1. The number of nitrogens with one attached hydrogen (secondary N) is 1. The fraction of sp³-hybridized carbons (Fsp3) is 0.429. The van der Waals surface area contributed by atoms with Crippen LogP contribution in [0.5, 0.6) is 0 Å². The molecule has 0 aliphatic rings. The van der Waals surface area contributed by atoms with Crippen LogP contribution in [0.2, 0.25) is 5.02 Å². The van der Waals surface area contributed by atoms with Crippen LogP contribution in [0.1, 0.15) is 20.3 Å². The molecule has 0 spiro atoms. The van der Waals surface area contributed by atoms with Gasteiger partial charge in [0, 0.05) is 21.7 Å². The first kappa shape index (κ1) is 21.7. The summed E-state index contributed by atoms with van der Waals surface area (Å²) in [6.07, 6.45) is 0.825. The summed E-state index contributed by atoms with van der Waals surface area (Å²) in [5.74, 6) is 0.837. The van der Waals surface area contributed by atoms with Crippen LogP contribution in [-0.4, -0.2) is 35.2 Å². The van der Waals surface area contributed by atoms with E-state index >= 15 is 0 Å². The van der Waals surface area contributed by atoms with E-state index in [1.807, 2.05) is 38.1 Å². The second-order valence-corrected chi connectivity index (χ2v) is 6.39. The number of guanidine groups is 2. The standard InChI is InChI=1S/C14H22ClN5OS.ClH/c1-10(2)20(13(16)17)14(18)19-21-8-3-9-22-12-6-4-11(15)5-7-12;/h4-7,10H,3,8-9H2,1-2H3,(H3,16,17)(H2,18,19);1H. The molecule has 1 rings (SSSR count).